The molecular weight excluding hydrogens is 367 g/mol. The van der Waals surface area contributed by atoms with Crippen LogP contribution in [0.3, 0.4) is 0 Å². The summed E-state index contributed by atoms with van der Waals surface area (Å²) in [6.07, 6.45) is 9.45. The van der Waals surface area contributed by atoms with Crippen LogP contribution in [0.25, 0.3) is 0 Å². The summed E-state index contributed by atoms with van der Waals surface area (Å²) < 4.78 is 0. The van der Waals surface area contributed by atoms with Crippen LogP contribution in [0, 0.1) is 0 Å². The lowest BCUT2D eigenvalue weighted by molar-refractivity contribution is 0.720. The number of hydrogen-bond acceptors (Lipinski definition) is 1. The Hall–Kier alpha value is -0.630. The molecule has 0 heterocycles. The van der Waals surface area contributed by atoms with E-state index in [0.717, 1.165) is 37.4 Å². The van der Waals surface area contributed by atoms with Gasteiger partial charge in [-0.05, 0) is 73.9 Å². The lowest BCUT2D eigenvalue weighted by Gasteiger charge is -2.06. The van der Waals surface area contributed by atoms with E-state index in [1.807, 2.05) is 11.8 Å². The van der Waals surface area contributed by atoms with Crippen molar-refractivity contribution < 1.29 is 0 Å². The predicted octanol–water partition coefficient (Wildman–Crippen LogP) is 7.74. The Bertz CT molecular complexity index is 524. The molecule has 2 aromatic carbocycles. The van der Waals surface area contributed by atoms with Gasteiger partial charge in [0.15, 0.2) is 0 Å². The lowest BCUT2D eigenvalue weighted by atomic mass is 10.1. The fraction of sp³-hybridized carbons (Fsp3) is 0.455. The van der Waals surface area contributed by atoms with Crippen molar-refractivity contribution in [3.8, 4) is 0 Å². The van der Waals surface area contributed by atoms with Crippen LogP contribution in [0.1, 0.15) is 49.7 Å². The van der Waals surface area contributed by atoms with Gasteiger partial charge in [-0.1, -0.05) is 48.9 Å². The molecule has 0 bridgehead atoms. The summed E-state index contributed by atoms with van der Waals surface area (Å²) in [6, 6.07) is 18.0. The maximum Gasteiger partial charge on any atom is 0.0223 e. The first kappa shape index (κ1) is 20.7. The molecule has 0 aliphatic heterocycles. The van der Waals surface area contributed by atoms with Gasteiger partial charge in [-0.2, -0.15) is 0 Å². The molecule has 2 rings (SSSR count). The third kappa shape index (κ3) is 8.53. The molecule has 136 valence electrons. The first-order chi connectivity index (χ1) is 12.3. The van der Waals surface area contributed by atoms with Gasteiger partial charge >= 0.3 is 0 Å². The van der Waals surface area contributed by atoms with Crippen molar-refractivity contribution in [2.45, 2.75) is 61.2 Å². The summed E-state index contributed by atoms with van der Waals surface area (Å²) in [7, 11) is 0. The van der Waals surface area contributed by atoms with Gasteiger partial charge in [-0.3, -0.25) is 0 Å². The zero-order chi connectivity index (χ0) is 17.7. The quantitative estimate of drug-likeness (QED) is 0.262. The van der Waals surface area contributed by atoms with E-state index in [4.69, 9.17) is 23.2 Å². The Morgan fingerprint density at radius 1 is 0.520 bits per heavy atom. The maximum absolute atomic E-state index is 5.72. The highest BCUT2D eigenvalue weighted by atomic mass is 35.5. The predicted molar refractivity (Wildman–Crippen MR) is 114 cm³/mol. The largest absolute Gasteiger partial charge is 0.127 e. The summed E-state index contributed by atoms with van der Waals surface area (Å²) in [5, 5.41) is 0. The number of alkyl halides is 2. The fourth-order valence-corrected chi connectivity index (χ4v) is 3.98. The Morgan fingerprint density at radius 3 is 1.28 bits per heavy atom. The molecule has 0 aromatic heterocycles. The third-order valence-electron chi connectivity index (χ3n) is 4.28. The molecule has 0 atom stereocenters. The van der Waals surface area contributed by atoms with Gasteiger partial charge in [0.05, 0.1) is 0 Å². The van der Waals surface area contributed by atoms with Crippen molar-refractivity contribution >= 4 is 35.0 Å². The first-order valence-electron chi connectivity index (χ1n) is 9.29. The molecule has 0 unspecified atom stereocenters. The molecule has 0 N–H and O–H groups in total. The van der Waals surface area contributed by atoms with E-state index in [1.54, 1.807) is 0 Å². The van der Waals surface area contributed by atoms with Crippen LogP contribution >= 0.6 is 35.0 Å². The van der Waals surface area contributed by atoms with Gasteiger partial charge in [0.2, 0.25) is 0 Å². The molecule has 0 aliphatic rings. The van der Waals surface area contributed by atoms with E-state index >= 15 is 0 Å². The molecular formula is C22H28Cl2S. The van der Waals surface area contributed by atoms with Gasteiger partial charge in [0.1, 0.15) is 0 Å². The highest BCUT2D eigenvalue weighted by Crippen LogP contribution is 2.28. The molecule has 0 radical (unpaired) electrons. The Kier molecular flexibility index (Phi) is 10.5. The van der Waals surface area contributed by atoms with Gasteiger partial charge in [0.25, 0.3) is 0 Å². The minimum absolute atomic E-state index is 0.780. The summed E-state index contributed by atoms with van der Waals surface area (Å²) in [4.78, 5) is 2.61. The number of halogens is 2. The normalized spacial score (nSPS) is 11.0. The average molecular weight is 395 g/mol. The maximum atomic E-state index is 5.72. The van der Waals surface area contributed by atoms with Crippen LogP contribution < -0.4 is 0 Å². The van der Waals surface area contributed by atoms with Gasteiger partial charge in [-0.25, -0.2) is 0 Å². The van der Waals surface area contributed by atoms with Crippen LogP contribution in [0.2, 0.25) is 0 Å². The molecule has 3 heteroatoms. The number of rotatable bonds is 12. The highest BCUT2D eigenvalue weighted by molar-refractivity contribution is 7.99. The van der Waals surface area contributed by atoms with Crippen LogP contribution in [-0.4, -0.2) is 11.8 Å². The fourth-order valence-electron chi connectivity index (χ4n) is 2.79. The zero-order valence-corrected chi connectivity index (χ0v) is 17.2. The minimum atomic E-state index is 0.780. The van der Waals surface area contributed by atoms with Crippen molar-refractivity contribution in [2.24, 2.45) is 0 Å². The van der Waals surface area contributed by atoms with Gasteiger partial charge in [0, 0.05) is 21.6 Å². The van der Waals surface area contributed by atoms with Crippen molar-refractivity contribution in [3.05, 3.63) is 59.7 Å². The second-order valence-corrected chi connectivity index (χ2v) is 8.29. The highest BCUT2D eigenvalue weighted by Gasteiger charge is 2.00. The van der Waals surface area contributed by atoms with Crippen LogP contribution in [-0.2, 0) is 12.8 Å². The summed E-state index contributed by atoms with van der Waals surface area (Å²) in [5.74, 6) is 1.56. The molecule has 25 heavy (non-hydrogen) atoms. The van der Waals surface area contributed by atoms with Crippen molar-refractivity contribution in [1.29, 1.82) is 0 Å². The second-order valence-electron chi connectivity index (χ2n) is 6.39. The van der Waals surface area contributed by atoms with E-state index < -0.39 is 0 Å². The summed E-state index contributed by atoms with van der Waals surface area (Å²) >= 11 is 13.3. The Morgan fingerprint density at radius 2 is 0.920 bits per heavy atom. The second kappa shape index (κ2) is 12.7. The zero-order valence-electron chi connectivity index (χ0n) is 14.9. The van der Waals surface area contributed by atoms with E-state index in [9.17, 15) is 0 Å². The standard InChI is InChI=1S/C22H28Cl2S/c23-17-5-1-3-7-19-9-13-21(14-10-19)25-22-15-11-20(12-16-22)8-4-2-6-18-24/h9-16H,1-8,17-18H2. The number of unbranched alkanes of at least 4 members (excludes halogenated alkanes) is 4. The van der Waals surface area contributed by atoms with Crippen molar-refractivity contribution in [1.82, 2.24) is 0 Å². The molecule has 0 saturated heterocycles. The van der Waals surface area contributed by atoms with Crippen molar-refractivity contribution in [3.63, 3.8) is 0 Å². The van der Waals surface area contributed by atoms with E-state index in [2.05, 4.69) is 48.5 Å². The first-order valence-corrected chi connectivity index (χ1v) is 11.2. The lowest BCUT2D eigenvalue weighted by Crippen LogP contribution is -1.87. The number of aryl methyl sites for hydroxylation is 2. The van der Waals surface area contributed by atoms with Crippen LogP contribution in [0.4, 0.5) is 0 Å². The molecule has 0 fully saturated rings. The molecule has 0 spiro atoms. The summed E-state index contributed by atoms with van der Waals surface area (Å²) in [6.45, 7) is 0. The van der Waals surface area contributed by atoms with Crippen LogP contribution in [0.15, 0.2) is 58.3 Å². The van der Waals surface area contributed by atoms with Gasteiger partial charge < -0.3 is 0 Å². The smallest absolute Gasteiger partial charge is 0.0223 e. The monoisotopic (exact) mass is 394 g/mol. The molecule has 0 amide bonds. The minimum Gasteiger partial charge on any atom is -0.127 e. The molecule has 2 aromatic rings. The van der Waals surface area contributed by atoms with Crippen molar-refractivity contribution in [2.75, 3.05) is 11.8 Å². The van der Waals surface area contributed by atoms with Gasteiger partial charge in [-0.15, -0.1) is 23.2 Å². The Balaban J connectivity index is 1.77. The van der Waals surface area contributed by atoms with Crippen LogP contribution in [0.5, 0.6) is 0 Å². The molecule has 0 nitrogen and oxygen atoms in total. The summed E-state index contributed by atoms with van der Waals surface area (Å²) in [5.41, 5.74) is 2.84. The third-order valence-corrected chi connectivity index (χ3v) is 5.83. The number of benzene rings is 2. The SMILES string of the molecule is ClCCCCCc1ccc(Sc2ccc(CCCCCCl)cc2)cc1. The average Bonchev–Trinajstić information content (AvgIpc) is 2.65. The van der Waals surface area contributed by atoms with E-state index in [-0.39, 0.29) is 0 Å². The molecule has 0 aliphatic carbocycles. The molecule has 0 saturated carbocycles. The topological polar surface area (TPSA) is 0 Å². The van der Waals surface area contributed by atoms with E-state index in [1.165, 1.54) is 46.6 Å². The number of hydrogen-bond donors (Lipinski definition) is 0. The van der Waals surface area contributed by atoms with E-state index in [0.29, 0.717) is 0 Å². The Labute approximate surface area is 167 Å².